The van der Waals surface area contributed by atoms with Crippen LogP contribution >= 0.6 is 27.5 Å². The molecule has 20 heavy (non-hydrogen) atoms. The van der Waals surface area contributed by atoms with Gasteiger partial charge in [0.2, 0.25) is 0 Å². The molecule has 0 bridgehead atoms. The minimum absolute atomic E-state index is 0.126. The third-order valence-corrected chi connectivity index (χ3v) is 4.20. The second kappa shape index (κ2) is 5.41. The molecule has 0 unspecified atom stereocenters. The van der Waals surface area contributed by atoms with Crippen molar-refractivity contribution in [2.45, 2.75) is 40.0 Å². The average molecular weight is 355 g/mol. The Labute approximate surface area is 133 Å². The number of aryl methyl sites for hydroxylation is 2. The van der Waals surface area contributed by atoms with Gasteiger partial charge in [-0.3, -0.25) is 4.98 Å². The van der Waals surface area contributed by atoms with Crippen molar-refractivity contribution in [1.82, 2.24) is 15.0 Å². The van der Waals surface area contributed by atoms with Gasteiger partial charge in [0, 0.05) is 11.6 Å². The van der Waals surface area contributed by atoms with Crippen molar-refractivity contribution < 1.29 is 0 Å². The van der Waals surface area contributed by atoms with Crippen LogP contribution in [0.5, 0.6) is 0 Å². The lowest BCUT2D eigenvalue weighted by Gasteiger charge is -2.20. The molecular formula is C15H17BrClN3. The van der Waals surface area contributed by atoms with E-state index < -0.39 is 0 Å². The molecule has 0 radical (unpaired) electrons. The fourth-order valence-electron chi connectivity index (χ4n) is 1.97. The summed E-state index contributed by atoms with van der Waals surface area (Å²) in [5.41, 5.74) is 3.69. The maximum atomic E-state index is 6.23. The number of hydrogen-bond acceptors (Lipinski definition) is 3. The molecule has 3 nitrogen and oxygen atoms in total. The maximum absolute atomic E-state index is 6.23. The number of hydrogen-bond donors (Lipinski definition) is 0. The first kappa shape index (κ1) is 15.4. The molecule has 0 fully saturated rings. The van der Waals surface area contributed by atoms with E-state index in [1.807, 2.05) is 20.0 Å². The zero-order valence-electron chi connectivity index (χ0n) is 12.3. The molecule has 5 heteroatoms. The van der Waals surface area contributed by atoms with E-state index in [0.29, 0.717) is 11.0 Å². The van der Waals surface area contributed by atoms with E-state index in [-0.39, 0.29) is 5.41 Å². The molecule has 2 aromatic rings. The van der Waals surface area contributed by atoms with Crippen LogP contribution in [0.2, 0.25) is 5.15 Å². The molecule has 0 aliphatic heterocycles. The number of halogens is 2. The average Bonchev–Trinajstić information content (AvgIpc) is 2.31. The van der Waals surface area contributed by atoms with Gasteiger partial charge in [-0.15, -0.1) is 0 Å². The summed E-state index contributed by atoms with van der Waals surface area (Å²) in [6.07, 6.45) is 1.82. The van der Waals surface area contributed by atoms with E-state index in [1.54, 1.807) is 0 Å². The minimum atomic E-state index is -0.126. The number of nitrogens with zero attached hydrogens (tertiary/aromatic N) is 3. The summed E-state index contributed by atoms with van der Waals surface area (Å²) in [6.45, 7) is 10.3. The van der Waals surface area contributed by atoms with Crippen molar-refractivity contribution in [2.24, 2.45) is 0 Å². The van der Waals surface area contributed by atoms with Gasteiger partial charge in [0.1, 0.15) is 10.8 Å². The van der Waals surface area contributed by atoms with Crippen molar-refractivity contribution in [3.05, 3.63) is 38.7 Å². The fraction of sp³-hybridized carbons (Fsp3) is 0.400. The largest absolute Gasteiger partial charge is 0.252 e. The molecule has 0 atom stereocenters. The Morgan fingerprint density at radius 3 is 2.35 bits per heavy atom. The normalized spacial score (nSPS) is 11.8. The van der Waals surface area contributed by atoms with Crippen LogP contribution in [0, 0.1) is 13.8 Å². The zero-order chi connectivity index (χ0) is 15.1. The molecule has 0 N–H and O–H groups in total. The first-order valence-electron chi connectivity index (χ1n) is 6.37. The molecule has 0 saturated heterocycles. The van der Waals surface area contributed by atoms with E-state index in [2.05, 4.69) is 57.7 Å². The lowest BCUT2D eigenvalue weighted by atomic mass is 9.92. The van der Waals surface area contributed by atoms with Crippen LogP contribution in [-0.2, 0) is 5.41 Å². The van der Waals surface area contributed by atoms with E-state index in [1.165, 1.54) is 0 Å². The van der Waals surface area contributed by atoms with Gasteiger partial charge in [0.15, 0.2) is 5.82 Å². The molecule has 0 aromatic carbocycles. The third-order valence-electron chi connectivity index (χ3n) is 2.95. The third kappa shape index (κ3) is 3.01. The molecule has 106 valence electrons. The highest BCUT2D eigenvalue weighted by atomic mass is 79.9. The van der Waals surface area contributed by atoms with Crippen molar-refractivity contribution >= 4 is 27.5 Å². The van der Waals surface area contributed by atoms with Crippen molar-refractivity contribution in [1.29, 1.82) is 0 Å². The number of aromatic nitrogens is 3. The first-order valence-corrected chi connectivity index (χ1v) is 7.54. The monoisotopic (exact) mass is 353 g/mol. The topological polar surface area (TPSA) is 38.7 Å². The van der Waals surface area contributed by atoms with Crippen LogP contribution in [0.15, 0.2) is 16.7 Å². The predicted octanol–water partition coefficient (Wildman–Crippen LogP) is 4.87. The van der Waals surface area contributed by atoms with Gasteiger partial charge in [-0.05, 0) is 40.9 Å². The summed E-state index contributed by atoms with van der Waals surface area (Å²) in [6, 6.07) is 2.07. The second-order valence-corrected chi connectivity index (χ2v) is 7.08. The first-order chi connectivity index (χ1) is 9.20. The Hall–Kier alpha value is -1.00. The van der Waals surface area contributed by atoms with E-state index >= 15 is 0 Å². The molecule has 2 rings (SSSR count). The highest BCUT2D eigenvalue weighted by Gasteiger charge is 2.23. The predicted molar refractivity (Wildman–Crippen MR) is 86.1 cm³/mol. The van der Waals surface area contributed by atoms with Gasteiger partial charge < -0.3 is 0 Å². The summed E-state index contributed by atoms with van der Waals surface area (Å²) in [5, 5.41) is 0.418. The SMILES string of the molecule is Cc1cnc(-c2nc(Cl)c(Br)c(C(C)(C)C)n2)c(C)c1. The Morgan fingerprint density at radius 1 is 1.15 bits per heavy atom. The van der Waals surface area contributed by atoms with Gasteiger partial charge in [-0.2, -0.15) is 0 Å². The van der Waals surface area contributed by atoms with Crippen LogP contribution in [0.3, 0.4) is 0 Å². The standard InChI is InChI=1S/C15H17BrClN3/c1-8-6-9(2)11(18-7-8)14-19-12(15(3,4)5)10(16)13(17)20-14/h6-7H,1-5H3. The molecule has 0 spiro atoms. The molecular weight excluding hydrogens is 338 g/mol. The van der Waals surface area contributed by atoms with Gasteiger partial charge >= 0.3 is 0 Å². The molecule has 2 aromatic heterocycles. The molecule has 0 amide bonds. The van der Waals surface area contributed by atoms with Crippen LogP contribution in [0.1, 0.15) is 37.6 Å². The van der Waals surface area contributed by atoms with Gasteiger partial charge in [-0.1, -0.05) is 38.4 Å². The fourth-order valence-corrected chi connectivity index (χ4v) is 2.91. The molecule has 2 heterocycles. The molecule has 0 aliphatic rings. The smallest absolute Gasteiger partial charge is 0.180 e. The molecule has 0 aliphatic carbocycles. The van der Waals surface area contributed by atoms with Crippen molar-refractivity contribution in [3.63, 3.8) is 0 Å². The Kier molecular flexibility index (Phi) is 4.17. The Bertz CT molecular complexity index is 663. The summed E-state index contributed by atoms with van der Waals surface area (Å²) in [7, 11) is 0. The minimum Gasteiger partial charge on any atom is -0.252 e. The lowest BCUT2D eigenvalue weighted by Crippen LogP contribution is -2.16. The van der Waals surface area contributed by atoms with E-state index in [0.717, 1.165) is 27.0 Å². The molecule has 0 saturated carbocycles. The zero-order valence-corrected chi connectivity index (χ0v) is 14.6. The summed E-state index contributed by atoms with van der Waals surface area (Å²) in [4.78, 5) is 13.5. The van der Waals surface area contributed by atoms with Gasteiger partial charge in [0.25, 0.3) is 0 Å². The van der Waals surface area contributed by atoms with Crippen molar-refractivity contribution in [3.8, 4) is 11.5 Å². The highest BCUT2D eigenvalue weighted by Crippen LogP contribution is 2.34. The maximum Gasteiger partial charge on any atom is 0.180 e. The highest BCUT2D eigenvalue weighted by molar-refractivity contribution is 9.10. The summed E-state index contributed by atoms with van der Waals surface area (Å²) >= 11 is 9.71. The van der Waals surface area contributed by atoms with Gasteiger partial charge in [0.05, 0.1) is 10.2 Å². The second-order valence-electron chi connectivity index (χ2n) is 5.93. The number of rotatable bonds is 1. The quantitative estimate of drug-likeness (QED) is 0.686. The van der Waals surface area contributed by atoms with Gasteiger partial charge in [-0.25, -0.2) is 9.97 Å². The van der Waals surface area contributed by atoms with Crippen molar-refractivity contribution in [2.75, 3.05) is 0 Å². The van der Waals surface area contributed by atoms with Crippen LogP contribution in [0.25, 0.3) is 11.5 Å². The van der Waals surface area contributed by atoms with Crippen LogP contribution < -0.4 is 0 Å². The summed E-state index contributed by atoms with van der Waals surface area (Å²) < 4.78 is 0.750. The van der Waals surface area contributed by atoms with E-state index in [4.69, 9.17) is 11.6 Å². The summed E-state index contributed by atoms with van der Waals surface area (Å²) in [5.74, 6) is 0.570. The van der Waals surface area contributed by atoms with Crippen LogP contribution in [0.4, 0.5) is 0 Å². The Morgan fingerprint density at radius 2 is 1.80 bits per heavy atom. The van der Waals surface area contributed by atoms with E-state index in [9.17, 15) is 0 Å². The Balaban J connectivity index is 2.67. The lowest BCUT2D eigenvalue weighted by molar-refractivity contribution is 0.564. The number of pyridine rings is 1. The van der Waals surface area contributed by atoms with Crippen LogP contribution in [-0.4, -0.2) is 15.0 Å².